The number of carbonyl (C=O) groups excluding carboxylic acids is 2. The number of hydrogen-bond donors (Lipinski definition) is 1. The number of aryl methyl sites for hydroxylation is 1. The normalized spacial score (nSPS) is 17.4. The Bertz CT molecular complexity index is 1180. The van der Waals surface area contributed by atoms with Gasteiger partial charge in [0.05, 0.1) is 25.8 Å². The quantitative estimate of drug-likeness (QED) is 0.650. The fraction of sp³-hybridized carbons (Fsp3) is 0.348. The van der Waals surface area contributed by atoms with Gasteiger partial charge in [0, 0.05) is 23.7 Å². The van der Waals surface area contributed by atoms with Crippen molar-refractivity contribution in [3.05, 3.63) is 41.9 Å². The summed E-state index contributed by atoms with van der Waals surface area (Å²) in [5, 5.41) is 7.01. The van der Waals surface area contributed by atoms with Crippen molar-refractivity contribution in [2.75, 3.05) is 25.1 Å². The molecule has 1 fully saturated rings. The number of rotatable bonds is 5. The third-order valence-electron chi connectivity index (χ3n) is 5.86. The van der Waals surface area contributed by atoms with Crippen molar-refractivity contribution in [2.45, 2.75) is 32.3 Å². The summed E-state index contributed by atoms with van der Waals surface area (Å²) in [5.74, 6) is 1.19. The lowest BCUT2D eigenvalue weighted by molar-refractivity contribution is -0.119. The van der Waals surface area contributed by atoms with E-state index in [1.165, 1.54) is 6.92 Å². The van der Waals surface area contributed by atoms with Crippen LogP contribution in [0.25, 0.3) is 22.6 Å². The van der Waals surface area contributed by atoms with Crippen LogP contribution < -0.4 is 15.0 Å². The molecule has 2 aromatic heterocycles. The maximum absolute atomic E-state index is 12.4. The molecular formula is C23H23N3O6. The summed E-state index contributed by atoms with van der Waals surface area (Å²) in [6, 6.07) is 5.86. The third-order valence-corrected chi connectivity index (χ3v) is 5.86. The summed E-state index contributed by atoms with van der Waals surface area (Å²) >= 11 is 0. The number of amides is 2. The smallest absolute Gasteiger partial charge is 0.414 e. The average Bonchev–Trinajstić information content (AvgIpc) is 3.47. The molecule has 1 atom stereocenters. The first kappa shape index (κ1) is 20.2. The zero-order valence-electron chi connectivity index (χ0n) is 17.8. The van der Waals surface area contributed by atoms with Gasteiger partial charge in [0.1, 0.15) is 24.3 Å². The van der Waals surface area contributed by atoms with Gasteiger partial charge in [-0.1, -0.05) is 5.16 Å². The van der Waals surface area contributed by atoms with Gasteiger partial charge in [-0.2, -0.15) is 0 Å². The second-order valence-corrected chi connectivity index (χ2v) is 7.94. The molecule has 1 aliphatic heterocycles. The summed E-state index contributed by atoms with van der Waals surface area (Å²) in [6.45, 7) is 2.12. The number of benzene rings is 1. The highest BCUT2D eigenvalue weighted by Gasteiger charge is 2.33. The Morgan fingerprint density at radius 2 is 2.16 bits per heavy atom. The van der Waals surface area contributed by atoms with E-state index < -0.39 is 6.09 Å². The number of nitrogens with one attached hydrogen (secondary N) is 1. The van der Waals surface area contributed by atoms with Gasteiger partial charge in [-0.3, -0.25) is 9.69 Å². The third kappa shape index (κ3) is 3.49. The molecule has 0 saturated carbocycles. The highest BCUT2D eigenvalue weighted by molar-refractivity contribution is 5.91. The molecule has 32 heavy (non-hydrogen) atoms. The van der Waals surface area contributed by atoms with Crippen LogP contribution in [0.15, 0.2) is 39.7 Å². The molecule has 1 aromatic carbocycles. The van der Waals surface area contributed by atoms with Gasteiger partial charge in [0.15, 0.2) is 11.5 Å². The minimum absolute atomic E-state index is 0.153. The van der Waals surface area contributed by atoms with E-state index in [9.17, 15) is 9.59 Å². The van der Waals surface area contributed by atoms with E-state index in [-0.39, 0.29) is 12.0 Å². The van der Waals surface area contributed by atoms with Crippen LogP contribution in [0.4, 0.5) is 10.5 Å². The van der Waals surface area contributed by atoms with Gasteiger partial charge >= 0.3 is 6.09 Å². The largest absolute Gasteiger partial charge is 0.493 e. The molecule has 3 aromatic rings. The van der Waals surface area contributed by atoms with Crippen molar-refractivity contribution in [1.29, 1.82) is 0 Å². The van der Waals surface area contributed by atoms with Crippen LogP contribution in [0.1, 0.15) is 24.5 Å². The van der Waals surface area contributed by atoms with Crippen LogP contribution in [0.2, 0.25) is 0 Å². The van der Waals surface area contributed by atoms with Crippen LogP contribution in [0.5, 0.6) is 5.75 Å². The maximum Gasteiger partial charge on any atom is 0.414 e. The number of ether oxygens (including phenoxy) is 2. The molecule has 1 N–H and O–H groups in total. The first-order chi connectivity index (χ1) is 15.5. The van der Waals surface area contributed by atoms with Crippen molar-refractivity contribution < 1.29 is 28.0 Å². The number of methoxy groups -OCH3 is 1. The Labute approximate surface area is 184 Å². The molecule has 1 aliphatic carbocycles. The lowest BCUT2D eigenvalue weighted by atomic mass is 10.0. The number of furan rings is 1. The van der Waals surface area contributed by atoms with Gasteiger partial charge in [0.25, 0.3) is 0 Å². The maximum atomic E-state index is 12.4. The number of cyclic esters (lactones) is 1. The van der Waals surface area contributed by atoms with E-state index in [0.717, 1.165) is 58.7 Å². The molecule has 0 spiro atoms. The minimum Gasteiger partial charge on any atom is -0.493 e. The second-order valence-electron chi connectivity index (χ2n) is 7.94. The van der Waals surface area contributed by atoms with E-state index in [4.69, 9.17) is 18.4 Å². The number of fused-ring (bicyclic) bond motifs is 3. The summed E-state index contributed by atoms with van der Waals surface area (Å²) in [7, 11) is 1.59. The molecule has 1 saturated heterocycles. The summed E-state index contributed by atoms with van der Waals surface area (Å²) in [6.07, 6.45) is 4.92. The summed E-state index contributed by atoms with van der Waals surface area (Å²) in [5.41, 5.74) is 5.33. The molecule has 2 amide bonds. The van der Waals surface area contributed by atoms with Crippen molar-refractivity contribution in [2.24, 2.45) is 0 Å². The van der Waals surface area contributed by atoms with Crippen LogP contribution in [0, 0.1) is 0 Å². The SMILES string of the molecule is COc1cocc1-c1noc2c1CCCc1cc(N3CC(CNC(C)=O)OC3=O)ccc1-2. The van der Waals surface area contributed by atoms with E-state index in [0.29, 0.717) is 18.8 Å². The van der Waals surface area contributed by atoms with E-state index in [1.807, 2.05) is 18.2 Å². The predicted octanol–water partition coefficient (Wildman–Crippen LogP) is 3.56. The van der Waals surface area contributed by atoms with Gasteiger partial charge in [-0.15, -0.1) is 0 Å². The van der Waals surface area contributed by atoms with Crippen LogP contribution in [-0.4, -0.2) is 43.5 Å². The van der Waals surface area contributed by atoms with Crippen molar-refractivity contribution in [3.8, 4) is 28.3 Å². The summed E-state index contributed by atoms with van der Waals surface area (Å²) in [4.78, 5) is 25.1. The molecule has 0 radical (unpaired) electrons. The molecule has 0 bridgehead atoms. The number of aromatic nitrogens is 1. The number of nitrogens with zero attached hydrogens (tertiary/aromatic N) is 2. The Kier molecular flexibility index (Phi) is 5.08. The zero-order chi connectivity index (χ0) is 22.2. The molecule has 166 valence electrons. The van der Waals surface area contributed by atoms with E-state index >= 15 is 0 Å². The summed E-state index contributed by atoms with van der Waals surface area (Å²) < 4.78 is 21.8. The molecule has 1 unspecified atom stereocenters. The lowest BCUT2D eigenvalue weighted by Crippen LogP contribution is -2.33. The first-order valence-electron chi connectivity index (χ1n) is 10.5. The van der Waals surface area contributed by atoms with Crippen molar-refractivity contribution in [1.82, 2.24) is 10.5 Å². The minimum atomic E-state index is -0.413. The predicted molar refractivity (Wildman–Crippen MR) is 115 cm³/mol. The molecule has 9 heteroatoms. The topological polar surface area (TPSA) is 107 Å². The van der Waals surface area contributed by atoms with Crippen LogP contribution in [-0.2, 0) is 22.4 Å². The van der Waals surface area contributed by atoms with Crippen molar-refractivity contribution in [3.63, 3.8) is 0 Å². The Morgan fingerprint density at radius 3 is 2.97 bits per heavy atom. The van der Waals surface area contributed by atoms with E-state index in [1.54, 1.807) is 24.5 Å². The van der Waals surface area contributed by atoms with Crippen molar-refractivity contribution >= 4 is 17.7 Å². The van der Waals surface area contributed by atoms with Gasteiger partial charge < -0.3 is 23.7 Å². The zero-order valence-corrected chi connectivity index (χ0v) is 17.8. The van der Waals surface area contributed by atoms with Crippen LogP contribution in [0.3, 0.4) is 0 Å². The number of carbonyl (C=O) groups is 2. The fourth-order valence-corrected chi connectivity index (χ4v) is 4.31. The Hall–Kier alpha value is -3.75. The monoisotopic (exact) mass is 437 g/mol. The van der Waals surface area contributed by atoms with Gasteiger partial charge in [-0.25, -0.2) is 4.79 Å². The highest BCUT2D eigenvalue weighted by Crippen LogP contribution is 2.41. The Balaban J connectivity index is 1.44. The molecular weight excluding hydrogens is 414 g/mol. The first-order valence-corrected chi connectivity index (χ1v) is 10.5. The molecule has 9 nitrogen and oxygen atoms in total. The number of anilines is 1. The Morgan fingerprint density at radius 1 is 1.28 bits per heavy atom. The highest BCUT2D eigenvalue weighted by atomic mass is 16.6. The molecule has 3 heterocycles. The van der Waals surface area contributed by atoms with E-state index in [2.05, 4.69) is 10.5 Å². The average molecular weight is 437 g/mol. The fourth-order valence-electron chi connectivity index (χ4n) is 4.31. The van der Waals surface area contributed by atoms with Gasteiger partial charge in [0.2, 0.25) is 5.91 Å². The van der Waals surface area contributed by atoms with Gasteiger partial charge in [-0.05, 0) is 43.0 Å². The molecule has 2 aliphatic rings. The second kappa shape index (κ2) is 8.07. The number of hydrogen-bond acceptors (Lipinski definition) is 7. The lowest BCUT2D eigenvalue weighted by Gasteiger charge is -2.15. The molecule has 5 rings (SSSR count). The standard InChI is InChI=1S/C23H23N3O6/c1-13(27)24-9-16-10-26(23(28)31-16)15-6-7-17-14(8-15)4-3-5-18-21(25-32-22(17)18)19-11-30-12-20(19)29-2/h6-8,11-12,16H,3-5,9-10H2,1-2H3,(H,24,27). The van der Waals surface area contributed by atoms with Crippen LogP contribution >= 0.6 is 0 Å².